The van der Waals surface area contributed by atoms with Crippen LogP contribution >= 0.6 is 27.3 Å². The summed E-state index contributed by atoms with van der Waals surface area (Å²) in [5, 5.41) is 0.931. The first-order valence-corrected chi connectivity index (χ1v) is 15.4. The van der Waals surface area contributed by atoms with Gasteiger partial charge in [0.25, 0.3) is 10.1 Å². The average molecular weight is 632 g/mol. The van der Waals surface area contributed by atoms with Crippen molar-refractivity contribution in [2.24, 2.45) is 0 Å². The Morgan fingerprint density at radius 2 is 1.77 bits per heavy atom. The Hall–Kier alpha value is -2.76. The van der Waals surface area contributed by atoms with Crippen LogP contribution in [0.3, 0.4) is 0 Å². The molecule has 0 unspecified atom stereocenters. The molecular weight excluding hydrogens is 600 g/mol. The van der Waals surface area contributed by atoms with Gasteiger partial charge in [0, 0.05) is 19.3 Å². The third-order valence-corrected chi connectivity index (χ3v) is 9.00. The average Bonchev–Trinajstić information content (AvgIpc) is 3.30. The summed E-state index contributed by atoms with van der Waals surface area (Å²) >= 11 is 5.16. The first-order valence-electron chi connectivity index (χ1n) is 12.3. The number of hydrogen-bond acceptors (Lipinski definition) is 8. The van der Waals surface area contributed by atoms with Crippen LogP contribution in [0.25, 0.3) is 22.4 Å². The van der Waals surface area contributed by atoms with Crippen molar-refractivity contribution in [3.05, 3.63) is 80.8 Å². The highest BCUT2D eigenvalue weighted by Gasteiger charge is 2.15. The van der Waals surface area contributed by atoms with E-state index in [1.54, 1.807) is 42.7 Å². The van der Waals surface area contributed by atoms with E-state index in [9.17, 15) is 8.42 Å². The lowest BCUT2D eigenvalue weighted by Gasteiger charge is -2.21. The lowest BCUT2D eigenvalue weighted by atomic mass is 10.1. The first-order chi connectivity index (χ1) is 18.7. The van der Waals surface area contributed by atoms with Gasteiger partial charge < -0.3 is 14.4 Å². The molecule has 1 heterocycles. The molecule has 206 valence electrons. The van der Waals surface area contributed by atoms with Gasteiger partial charge in [0.2, 0.25) is 0 Å². The summed E-state index contributed by atoms with van der Waals surface area (Å²) in [6.45, 7) is 5.21. The quantitative estimate of drug-likeness (QED) is 0.127. The van der Waals surface area contributed by atoms with Crippen LogP contribution in [0.15, 0.2) is 64.0 Å². The second kappa shape index (κ2) is 13.1. The van der Waals surface area contributed by atoms with Gasteiger partial charge in [0.15, 0.2) is 0 Å². The number of aromatic nitrogens is 1. The molecule has 3 aromatic carbocycles. The smallest absolute Gasteiger partial charge is 0.297 e. The van der Waals surface area contributed by atoms with Crippen molar-refractivity contribution in [3.8, 4) is 5.75 Å². The monoisotopic (exact) mass is 630 g/mol. The molecule has 0 aliphatic heterocycles. The van der Waals surface area contributed by atoms with E-state index in [2.05, 4.69) is 39.9 Å². The summed E-state index contributed by atoms with van der Waals surface area (Å²) in [5.41, 5.74) is 5.23. The number of rotatable bonds is 12. The zero-order valence-electron chi connectivity index (χ0n) is 22.3. The molecule has 0 saturated carbocycles. The second-order valence-corrected chi connectivity index (χ2v) is 12.5. The molecule has 0 fully saturated rings. The molecule has 0 bridgehead atoms. The topological polar surface area (TPSA) is 78.0 Å². The van der Waals surface area contributed by atoms with Crippen molar-refractivity contribution >= 4 is 65.4 Å². The highest BCUT2D eigenvalue weighted by Crippen LogP contribution is 2.31. The number of likely N-dealkylation sites (N-methyl/N-ethyl adjacent to an activating group) is 1. The summed E-state index contributed by atoms with van der Waals surface area (Å²) in [7, 11) is -0.118. The summed E-state index contributed by atoms with van der Waals surface area (Å²) < 4.78 is 42.6. The highest BCUT2D eigenvalue weighted by molar-refractivity contribution is 9.10. The Balaban J connectivity index is 1.29. The van der Waals surface area contributed by atoms with Crippen LogP contribution in [0, 0.1) is 13.8 Å². The van der Waals surface area contributed by atoms with E-state index < -0.39 is 10.1 Å². The van der Waals surface area contributed by atoms with Crippen LogP contribution in [0.1, 0.15) is 21.7 Å². The number of methoxy groups -OCH3 is 1. The number of thiazole rings is 1. The van der Waals surface area contributed by atoms with Gasteiger partial charge in [-0.05, 0) is 83.4 Å². The predicted octanol–water partition coefficient (Wildman–Crippen LogP) is 6.71. The normalized spacial score (nSPS) is 11.9. The number of benzene rings is 3. The van der Waals surface area contributed by atoms with Crippen molar-refractivity contribution in [1.29, 1.82) is 0 Å². The Bertz CT molecular complexity index is 1570. The number of halogens is 1. The molecule has 1 aromatic heterocycles. The van der Waals surface area contributed by atoms with E-state index in [-0.39, 0.29) is 18.1 Å². The van der Waals surface area contributed by atoms with E-state index >= 15 is 0 Å². The number of anilines is 1. The van der Waals surface area contributed by atoms with E-state index in [1.807, 2.05) is 44.3 Å². The van der Waals surface area contributed by atoms with Gasteiger partial charge in [0.1, 0.15) is 10.8 Å². The van der Waals surface area contributed by atoms with Crippen molar-refractivity contribution in [2.75, 3.05) is 45.4 Å². The molecule has 10 heteroatoms. The molecule has 7 nitrogen and oxygen atoms in total. The third kappa shape index (κ3) is 7.67. The Morgan fingerprint density at radius 1 is 1.00 bits per heavy atom. The van der Waals surface area contributed by atoms with Gasteiger partial charge in [-0.15, -0.1) is 11.3 Å². The molecule has 4 rings (SSSR count). The second-order valence-electron chi connectivity index (χ2n) is 9.01. The number of fused-ring (bicyclic) bond motifs is 1. The van der Waals surface area contributed by atoms with Gasteiger partial charge in [0.05, 0.1) is 46.5 Å². The van der Waals surface area contributed by atoms with Crippen LogP contribution < -0.4 is 9.64 Å². The zero-order chi connectivity index (χ0) is 28.0. The molecule has 0 aliphatic rings. The van der Waals surface area contributed by atoms with E-state index in [0.717, 1.165) is 47.8 Å². The van der Waals surface area contributed by atoms with Gasteiger partial charge in [-0.1, -0.05) is 29.8 Å². The van der Waals surface area contributed by atoms with Crippen LogP contribution in [-0.2, 0) is 19.0 Å². The molecule has 0 N–H and O–H groups in total. The fourth-order valence-electron chi connectivity index (χ4n) is 3.92. The molecule has 0 spiro atoms. The van der Waals surface area contributed by atoms with Gasteiger partial charge in [-0.3, -0.25) is 4.18 Å². The van der Waals surface area contributed by atoms with E-state index in [4.69, 9.17) is 18.6 Å². The van der Waals surface area contributed by atoms with Crippen molar-refractivity contribution in [2.45, 2.75) is 18.7 Å². The summed E-state index contributed by atoms with van der Waals surface area (Å²) in [4.78, 5) is 7.05. The minimum atomic E-state index is -3.78. The molecule has 4 aromatic rings. The number of nitrogens with zero attached hydrogens (tertiary/aromatic N) is 2. The highest BCUT2D eigenvalue weighted by atomic mass is 79.9. The van der Waals surface area contributed by atoms with Crippen molar-refractivity contribution < 1.29 is 22.1 Å². The van der Waals surface area contributed by atoms with Crippen LogP contribution in [-0.4, -0.2) is 53.9 Å². The minimum absolute atomic E-state index is 0.0322. The lowest BCUT2D eigenvalue weighted by molar-refractivity contribution is 0.107. The van der Waals surface area contributed by atoms with Crippen LogP contribution in [0.5, 0.6) is 5.75 Å². The molecule has 39 heavy (non-hydrogen) atoms. The Morgan fingerprint density at radius 3 is 2.49 bits per heavy atom. The van der Waals surface area contributed by atoms with Crippen LogP contribution in [0.4, 0.5) is 5.69 Å². The zero-order valence-corrected chi connectivity index (χ0v) is 25.5. The third-order valence-electron chi connectivity index (χ3n) is 6.07. The Kier molecular flexibility index (Phi) is 9.79. The first kappa shape index (κ1) is 29.2. The predicted molar refractivity (Wildman–Crippen MR) is 162 cm³/mol. The number of aryl methyl sites for hydroxylation is 2. The maximum Gasteiger partial charge on any atom is 0.297 e. The van der Waals surface area contributed by atoms with E-state index in [1.165, 1.54) is 0 Å². The number of ether oxygens (including phenoxy) is 2. The number of hydrogen-bond donors (Lipinski definition) is 0. The van der Waals surface area contributed by atoms with Gasteiger partial charge >= 0.3 is 0 Å². The molecular formula is C29H31BrN2O5S2. The standard InChI is InChI=1S/C29H31BrN2O5S2/c1-20-5-9-23(10-6-20)39(33,34)37-16-15-36-14-13-32(3)26-19-28-25(17-21(26)2)31-29(38-28)12-8-22-7-11-27(35-4)24(30)18-22/h5-12,17-19H,13-16H2,1-4H3. The fourth-order valence-corrected chi connectivity index (χ4v) is 6.26. The maximum atomic E-state index is 12.3. The minimum Gasteiger partial charge on any atom is -0.496 e. The van der Waals surface area contributed by atoms with Gasteiger partial charge in [-0.2, -0.15) is 8.42 Å². The summed E-state index contributed by atoms with van der Waals surface area (Å²) in [6.07, 6.45) is 4.06. The SMILES string of the molecule is COc1ccc(C=Cc2nc3cc(C)c(N(C)CCOCCOS(=O)(=O)c4ccc(C)cc4)cc3s2)cc1Br. The molecule has 0 atom stereocenters. The van der Waals surface area contributed by atoms with E-state index in [0.29, 0.717) is 13.2 Å². The Labute approximate surface area is 242 Å². The summed E-state index contributed by atoms with van der Waals surface area (Å²) in [5.74, 6) is 0.795. The fraction of sp³-hybridized carbons (Fsp3) is 0.276. The van der Waals surface area contributed by atoms with Crippen molar-refractivity contribution in [1.82, 2.24) is 4.98 Å². The summed E-state index contributed by atoms with van der Waals surface area (Å²) in [6, 6.07) is 16.8. The van der Waals surface area contributed by atoms with Gasteiger partial charge in [-0.25, -0.2) is 4.98 Å². The maximum absolute atomic E-state index is 12.3. The molecule has 0 saturated heterocycles. The van der Waals surface area contributed by atoms with Crippen LogP contribution in [0.2, 0.25) is 0 Å². The lowest BCUT2D eigenvalue weighted by Crippen LogP contribution is -2.24. The largest absolute Gasteiger partial charge is 0.496 e. The van der Waals surface area contributed by atoms with Crippen molar-refractivity contribution in [3.63, 3.8) is 0 Å². The molecule has 0 amide bonds. The molecule has 0 radical (unpaired) electrons. The molecule has 0 aliphatic carbocycles.